The summed E-state index contributed by atoms with van der Waals surface area (Å²) in [5, 5.41) is 3.06. The summed E-state index contributed by atoms with van der Waals surface area (Å²) in [6.45, 7) is 1.17. The number of alkyl halides is 2. The molecule has 3 N–H and O–H groups in total. The molecule has 0 bridgehead atoms. The molecule has 2 aromatic carbocycles. The van der Waals surface area contributed by atoms with Crippen LogP contribution in [0.15, 0.2) is 60.9 Å². The van der Waals surface area contributed by atoms with E-state index in [2.05, 4.69) is 20.3 Å². The highest BCUT2D eigenvalue weighted by Crippen LogP contribution is 2.35. The molecular formula is C25H19F3N6O. The Morgan fingerprint density at radius 1 is 1.09 bits per heavy atom. The Morgan fingerprint density at radius 2 is 1.83 bits per heavy atom. The molecule has 0 aliphatic heterocycles. The number of amides is 1. The van der Waals surface area contributed by atoms with Crippen molar-refractivity contribution in [3.8, 4) is 22.5 Å². The Bertz CT molecular complexity index is 1580. The molecule has 0 spiro atoms. The van der Waals surface area contributed by atoms with Crippen molar-refractivity contribution in [3.05, 3.63) is 78.0 Å². The van der Waals surface area contributed by atoms with Gasteiger partial charge in [-0.25, -0.2) is 23.1 Å². The van der Waals surface area contributed by atoms with Gasteiger partial charge < -0.3 is 11.1 Å². The zero-order chi connectivity index (χ0) is 24.7. The Morgan fingerprint density at radius 3 is 2.57 bits per heavy atom. The number of rotatable bonds is 5. The number of nitrogens with zero attached hydrogens (tertiary/aromatic N) is 4. The third kappa shape index (κ3) is 4.14. The molecule has 0 radical (unpaired) electrons. The van der Waals surface area contributed by atoms with Gasteiger partial charge in [-0.1, -0.05) is 6.07 Å². The van der Waals surface area contributed by atoms with Gasteiger partial charge in [-0.15, -0.1) is 0 Å². The van der Waals surface area contributed by atoms with E-state index in [1.807, 2.05) is 31.2 Å². The zero-order valence-corrected chi connectivity index (χ0v) is 18.5. The number of benzene rings is 2. The van der Waals surface area contributed by atoms with Crippen LogP contribution < -0.4 is 11.1 Å². The number of imidazole rings is 1. The topological polar surface area (TPSA) is 98.2 Å². The van der Waals surface area contributed by atoms with Gasteiger partial charge in [0.15, 0.2) is 11.5 Å². The van der Waals surface area contributed by atoms with Crippen LogP contribution in [0.25, 0.3) is 39.1 Å². The van der Waals surface area contributed by atoms with E-state index >= 15 is 0 Å². The van der Waals surface area contributed by atoms with E-state index in [1.165, 1.54) is 18.3 Å². The van der Waals surface area contributed by atoms with Crippen LogP contribution in [0.5, 0.6) is 0 Å². The van der Waals surface area contributed by atoms with Gasteiger partial charge in [0.1, 0.15) is 11.5 Å². The first-order chi connectivity index (χ1) is 16.8. The number of carbonyl (C=O) groups is 1. The van der Waals surface area contributed by atoms with E-state index in [1.54, 1.807) is 22.7 Å². The van der Waals surface area contributed by atoms with Crippen molar-refractivity contribution < 1.29 is 18.0 Å². The third-order valence-electron chi connectivity index (χ3n) is 5.63. The van der Waals surface area contributed by atoms with Crippen molar-refractivity contribution in [3.63, 3.8) is 0 Å². The monoisotopic (exact) mass is 476 g/mol. The molecule has 1 amide bonds. The molecule has 5 aromatic rings. The van der Waals surface area contributed by atoms with E-state index in [-0.39, 0.29) is 17.2 Å². The summed E-state index contributed by atoms with van der Waals surface area (Å²) < 4.78 is 40.4. The number of nitrogen functional groups attached to an aromatic ring is 1. The maximum Gasteiger partial charge on any atom is 0.271 e. The second kappa shape index (κ2) is 8.71. The number of halogens is 3. The largest absolute Gasteiger partial charge is 0.381 e. The lowest BCUT2D eigenvalue weighted by atomic mass is 10.0. The number of hydrogen-bond donors (Lipinski definition) is 2. The van der Waals surface area contributed by atoms with Crippen LogP contribution in [0.4, 0.5) is 19.0 Å². The number of fused-ring (bicyclic) bond motifs is 2. The van der Waals surface area contributed by atoms with Crippen LogP contribution in [0.2, 0.25) is 0 Å². The predicted molar refractivity (Wildman–Crippen MR) is 127 cm³/mol. The van der Waals surface area contributed by atoms with Crippen molar-refractivity contribution >= 4 is 28.3 Å². The molecule has 10 heteroatoms. The summed E-state index contributed by atoms with van der Waals surface area (Å²) in [4.78, 5) is 25.6. The van der Waals surface area contributed by atoms with E-state index < -0.39 is 24.7 Å². The fourth-order valence-electron chi connectivity index (χ4n) is 3.95. The molecule has 176 valence electrons. The molecule has 0 fully saturated rings. The number of nitrogens with one attached hydrogen (secondary N) is 1. The predicted octanol–water partition coefficient (Wildman–Crippen LogP) is 4.64. The molecule has 0 unspecified atom stereocenters. The van der Waals surface area contributed by atoms with Crippen LogP contribution in [0.3, 0.4) is 0 Å². The highest BCUT2D eigenvalue weighted by Gasteiger charge is 2.21. The first-order valence-electron chi connectivity index (χ1n) is 10.7. The summed E-state index contributed by atoms with van der Waals surface area (Å²) in [7, 11) is 0. The smallest absolute Gasteiger partial charge is 0.271 e. The quantitative estimate of drug-likeness (QED) is 0.385. The fourth-order valence-corrected chi connectivity index (χ4v) is 3.95. The minimum Gasteiger partial charge on any atom is -0.381 e. The summed E-state index contributed by atoms with van der Waals surface area (Å²) in [5.41, 5.74) is 10.4. The summed E-state index contributed by atoms with van der Waals surface area (Å²) >= 11 is 0. The molecule has 3 aromatic heterocycles. The number of aryl methyl sites for hydroxylation is 1. The fraction of sp³-hybridized carbons (Fsp3) is 0.120. The van der Waals surface area contributed by atoms with Crippen LogP contribution in [-0.2, 0) is 0 Å². The maximum absolute atomic E-state index is 13.6. The number of hydrogen-bond acceptors (Lipinski definition) is 5. The molecule has 7 nitrogen and oxygen atoms in total. The molecule has 0 atom stereocenters. The van der Waals surface area contributed by atoms with Gasteiger partial charge in [0.25, 0.3) is 12.3 Å². The molecule has 5 rings (SSSR count). The van der Waals surface area contributed by atoms with E-state index in [4.69, 9.17) is 5.73 Å². The van der Waals surface area contributed by atoms with E-state index in [0.717, 1.165) is 22.0 Å². The highest BCUT2D eigenvalue weighted by atomic mass is 19.3. The lowest BCUT2D eigenvalue weighted by Gasteiger charge is -2.14. The Kier molecular flexibility index (Phi) is 5.56. The first-order valence-corrected chi connectivity index (χ1v) is 10.7. The Hall–Kier alpha value is -4.47. The molecule has 0 aliphatic carbocycles. The van der Waals surface area contributed by atoms with Crippen LogP contribution in [0.1, 0.15) is 16.1 Å². The molecular weight excluding hydrogens is 457 g/mol. The Labute approximate surface area is 197 Å². The summed E-state index contributed by atoms with van der Waals surface area (Å²) in [6, 6.07) is 13.3. The van der Waals surface area contributed by atoms with Gasteiger partial charge in [-0.2, -0.15) is 0 Å². The summed E-state index contributed by atoms with van der Waals surface area (Å²) in [6.07, 6.45) is 0.458. The average Bonchev–Trinajstić information content (AvgIpc) is 3.29. The van der Waals surface area contributed by atoms with Crippen molar-refractivity contribution in [2.75, 3.05) is 12.3 Å². The van der Waals surface area contributed by atoms with Crippen molar-refractivity contribution in [1.82, 2.24) is 24.7 Å². The second-order valence-corrected chi connectivity index (χ2v) is 7.98. The average molecular weight is 476 g/mol. The zero-order valence-electron chi connectivity index (χ0n) is 18.5. The van der Waals surface area contributed by atoms with Gasteiger partial charge in [-0.05, 0) is 55.0 Å². The minimum atomic E-state index is -2.70. The van der Waals surface area contributed by atoms with E-state index in [9.17, 15) is 18.0 Å². The third-order valence-corrected chi connectivity index (χ3v) is 5.63. The number of nitrogens with two attached hydrogens (primary N) is 1. The van der Waals surface area contributed by atoms with E-state index in [0.29, 0.717) is 17.0 Å². The van der Waals surface area contributed by atoms with Crippen molar-refractivity contribution in [1.29, 1.82) is 0 Å². The van der Waals surface area contributed by atoms with Crippen LogP contribution in [-0.4, -0.2) is 38.2 Å². The SMILES string of the molecule is Cc1ccnc2ccc(-c3c(-c4ccc(F)cc4)nc(N)c4nc(C(=O)NCC(F)F)cn34)cc12. The molecule has 0 aliphatic rings. The minimum absolute atomic E-state index is 0.0274. The summed E-state index contributed by atoms with van der Waals surface area (Å²) in [5.74, 6) is -1.14. The van der Waals surface area contributed by atoms with Crippen LogP contribution >= 0.6 is 0 Å². The van der Waals surface area contributed by atoms with Gasteiger partial charge >= 0.3 is 0 Å². The number of carbonyl (C=O) groups excluding carboxylic acids is 1. The molecule has 35 heavy (non-hydrogen) atoms. The second-order valence-electron chi connectivity index (χ2n) is 7.98. The van der Waals surface area contributed by atoms with Gasteiger partial charge in [0.2, 0.25) is 0 Å². The van der Waals surface area contributed by atoms with Crippen molar-refractivity contribution in [2.24, 2.45) is 0 Å². The molecule has 0 saturated heterocycles. The number of aromatic nitrogens is 4. The lowest BCUT2D eigenvalue weighted by molar-refractivity contribution is 0.0887. The highest BCUT2D eigenvalue weighted by molar-refractivity contribution is 5.95. The Balaban J connectivity index is 1.78. The van der Waals surface area contributed by atoms with Crippen molar-refractivity contribution in [2.45, 2.75) is 13.3 Å². The van der Waals surface area contributed by atoms with Gasteiger partial charge in [0.05, 0.1) is 23.4 Å². The molecule has 3 heterocycles. The number of anilines is 1. The number of pyridine rings is 1. The van der Waals surface area contributed by atoms with Gasteiger partial charge in [0, 0.05) is 28.9 Å². The van der Waals surface area contributed by atoms with Crippen LogP contribution in [0, 0.1) is 12.7 Å². The first kappa shape index (κ1) is 22.3. The van der Waals surface area contributed by atoms with Gasteiger partial charge in [-0.3, -0.25) is 14.2 Å². The normalized spacial score (nSPS) is 11.5. The lowest BCUT2D eigenvalue weighted by Crippen LogP contribution is -2.28. The molecule has 0 saturated carbocycles. The standard InChI is InChI=1S/C25H19F3N6O/c1-13-8-9-30-18-7-4-15(10-17(13)18)22-21(14-2-5-16(26)6-3-14)33-23(29)24-32-19(12-34(22)24)25(35)31-11-20(27)28/h2-10,12,20H,11H2,1H3,(H2,29,33)(H,31,35). The maximum atomic E-state index is 13.6.